The van der Waals surface area contributed by atoms with Crippen LogP contribution in [0.1, 0.15) is 38.5 Å². The van der Waals surface area contributed by atoms with Crippen LogP contribution in [0.2, 0.25) is 0 Å². The van der Waals surface area contributed by atoms with Gasteiger partial charge in [-0.3, -0.25) is 28.8 Å². The third-order valence-corrected chi connectivity index (χ3v) is 9.67. The first-order valence-electron chi connectivity index (χ1n) is 22.4. The quantitative estimate of drug-likeness (QED) is 0.0208. The van der Waals surface area contributed by atoms with E-state index in [9.17, 15) is 28.8 Å². The van der Waals surface area contributed by atoms with E-state index in [0.717, 1.165) is 6.54 Å². The maximum Gasteiger partial charge on any atom is 2.00 e. The molecule has 0 aliphatic heterocycles. The molecule has 2 rings (SSSR count). The summed E-state index contributed by atoms with van der Waals surface area (Å²) in [5.41, 5.74) is 21.9. The van der Waals surface area contributed by atoms with Gasteiger partial charge in [0.2, 0.25) is 35.4 Å². The van der Waals surface area contributed by atoms with Gasteiger partial charge in [-0.1, -0.05) is 0 Å². The number of nitrogens with zero attached hydrogens (tertiary/aromatic N) is 3. The van der Waals surface area contributed by atoms with Crippen molar-refractivity contribution in [1.29, 1.82) is 0 Å². The molecule has 64 heavy (non-hydrogen) atoms. The van der Waals surface area contributed by atoms with Gasteiger partial charge >= 0.3 is 17.1 Å². The summed E-state index contributed by atoms with van der Waals surface area (Å²) >= 11 is 0. The molecule has 0 aromatic heterocycles. The van der Waals surface area contributed by atoms with Crippen molar-refractivity contribution in [2.45, 2.75) is 38.5 Å². The summed E-state index contributed by atoms with van der Waals surface area (Å²) in [6.07, 6.45) is 19.7. The third-order valence-electron chi connectivity index (χ3n) is 9.67. The first-order valence-corrected chi connectivity index (χ1v) is 22.4. The first kappa shape index (κ1) is 61.0. The molecule has 2 aliphatic carbocycles. The van der Waals surface area contributed by atoms with Crippen LogP contribution in [0.15, 0.2) is 0 Å². The number of hydrogen-bond donors (Lipinski definition) is 11. The second-order valence-corrected chi connectivity index (χ2v) is 14.9. The number of rotatable bonds is 37. The van der Waals surface area contributed by atoms with Gasteiger partial charge in [-0.15, -0.1) is 0 Å². The van der Waals surface area contributed by atoms with Crippen LogP contribution in [0, 0.1) is 63.7 Å². The summed E-state index contributed by atoms with van der Waals surface area (Å²) in [6.45, 7) is 9.22. The molecule has 0 aromatic rings. The molecule has 0 unspecified atom stereocenters. The van der Waals surface area contributed by atoms with Crippen LogP contribution in [0.4, 0.5) is 0 Å². The molecular formula is C43H79FeN14O6+2. The first-order chi connectivity index (χ1) is 30.6. The smallest absolute Gasteiger partial charge is 0.355 e. The van der Waals surface area contributed by atoms with Gasteiger partial charge in [0.1, 0.15) is 0 Å². The van der Waals surface area contributed by atoms with Crippen LogP contribution in [-0.4, -0.2) is 188 Å². The molecule has 2 aliphatic rings. The molecule has 0 saturated heterocycles. The predicted molar refractivity (Wildman–Crippen MR) is 246 cm³/mol. The van der Waals surface area contributed by atoms with Crippen molar-refractivity contribution in [3.8, 4) is 0 Å². The van der Waals surface area contributed by atoms with Gasteiger partial charge in [0, 0.05) is 169 Å². The van der Waals surface area contributed by atoms with Gasteiger partial charge in [-0.2, -0.15) is 0 Å². The Morgan fingerprint density at radius 1 is 0.359 bits per heavy atom. The van der Waals surface area contributed by atoms with E-state index >= 15 is 0 Å². The molecule has 0 spiro atoms. The molecule has 6 amide bonds. The third kappa shape index (κ3) is 36.3. The molecule has 0 aromatic carbocycles. The molecule has 21 heteroatoms. The zero-order valence-electron chi connectivity index (χ0n) is 37.8. The van der Waals surface area contributed by atoms with E-state index in [-0.39, 0.29) is 91.0 Å². The average Bonchev–Trinajstić information content (AvgIpc) is 4.05. The number of carbonyl (C=O) groups excluding carboxylic acids is 6. The molecule has 9 radical (unpaired) electrons. The van der Waals surface area contributed by atoms with E-state index in [1.807, 2.05) is 54.7 Å². The van der Waals surface area contributed by atoms with Crippen molar-refractivity contribution < 1.29 is 45.8 Å². The Kier molecular flexibility index (Phi) is 40.7. The standard InChI is InChI=1S/C38H74N14O6.C5H5.Fe/c39-11-15-44-33(53)5-24-51(25-6-34(54)45-16-12-40)29-20-48-37(57)9-22-50(28-19-43-31-32-3-1-2-4-32)23-10-38(58)49-21-30-52(26-7-35(55)46-17-13-41)27-8-36(56)47-18-14-42;1-2-4-5-3-1;/h1-4,32,43H,5-31,39-42H2,(H,44,53)(H,45,54)(H,46,55)(H,47,56)(H,48,57)(H,49,58);1-5H;/q;;+2. The summed E-state index contributed by atoms with van der Waals surface area (Å²) in [4.78, 5) is 80.6. The number of amides is 6. The predicted octanol–water partition coefficient (Wildman–Crippen LogP) is -4.18. The fourth-order valence-corrected chi connectivity index (χ4v) is 6.09. The molecule has 2 saturated carbocycles. The summed E-state index contributed by atoms with van der Waals surface area (Å²) in [5.74, 6) is -0.465. The minimum atomic E-state index is -0.140. The van der Waals surface area contributed by atoms with Gasteiger partial charge in [0.25, 0.3) is 0 Å². The molecule has 20 nitrogen and oxygen atoms in total. The monoisotopic (exact) mass is 944 g/mol. The topological polar surface area (TPSA) is 300 Å². The van der Waals surface area contributed by atoms with Crippen LogP contribution in [0.25, 0.3) is 0 Å². The molecular weight excluding hydrogens is 864 g/mol. The van der Waals surface area contributed by atoms with Crippen LogP contribution in [0.3, 0.4) is 0 Å². The van der Waals surface area contributed by atoms with Crippen molar-refractivity contribution in [3.63, 3.8) is 0 Å². The minimum absolute atomic E-state index is 0. The fraction of sp³-hybridized carbons (Fsp3) is 0.651. The Hall–Kier alpha value is -2.98. The Labute approximate surface area is 394 Å². The largest absolute Gasteiger partial charge is 2.00 e. The molecule has 2 fully saturated rings. The summed E-state index contributed by atoms with van der Waals surface area (Å²) in [5, 5.41) is 20.4. The van der Waals surface area contributed by atoms with Crippen molar-refractivity contribution in [3.05, 3.63) is 57.8 Å². The van der Waals surface area contributed by atoms with Gasteiger partial charge < -0.3 is 74.9 Å². The van der Waals surface area contributed by atoms with E-state index in [0.29, 0.717) is 137 Å². The van der Waals surface area contributed by atoms with Crippen LogP contribution in [0.5, 0.6) is 0 Å². The van der Waals surface area contributed by atoms with Crippen molar-refractivity contribution >= 4 is 35.4 Å². The minimum Gasteiger partial charge on any atom is -0.355 e. The molecule has 0 heterocycles. The van der Waals surface area contributed by atoms with E-state index in [2.05, 4.69) is 55.0 Å². The van der Waals surface area contributed by atoms with Gasteiger partial charge in [0.15, 0.2) is 0 Å². The van der Waals surface area contributed by atoms with E-state index in [1.54, 1.807) is 0 Å². The maximum absolute atomic E-state index is 13.0. The van der Waals surface area contributed by atoms with Crippen molar-refractivity contribution in [2.24, 2.45) is 28.9 Å². The molecule has 0 bridgehead atoms. The van der Waals surface area contributed by atoms with E-state index in [1.165, 1.54) is 0 Å². The molecule has 0 atom stereocenters. The van der Waals surface area contributed by atoms with Crippen LogP contribution in [-0.2, 0) is 45.8 Å². The number of nitrogens with one attached hydrogen (secondary N) is 7. The second-order valence-electron chi connectivity index (χ2n) is 14.9. The van der Waals surface area contributed by atoms with E-state index in [4.69, 9.17) is 22.9 Å². The van der Waals surface area contributed by atoms with Crippen LogP contribution < -0.4 is 60.2 Å². The van der Waals surface area contributed by atoms with Crippen molar-refractivity contribution in [1.82, 2.24) is 51.9 Å². The SMILES string of the molecule is NCCNC(=O)CCN(CCNC(=O)CCN(CCNCC1[CH][CH][CH][CH]1)CCC(=O)NCCN(CCC(=O)NCCN)CCC(=O)NCCN)CCC(=O)NCCN.[CH]1[CH][CH][CH][CH]1.[Fe+2]. The van der Waals surface area contributed by atoms with E-state index < -0.39 is 0 Å². The second kappa shape index (κ2) is 42.6. The maximum atomic E-state index is 13.0. The number of carbonyl (C=O) groups is 6. The average molecular weight is 944 g/mol. The normalized spacial score (nSPS) is 13.5. The molecule has 363 valence electrons. The summed E-state index contributed by atoms with van der Waals surface area (Å²) in [6, 6.07) is 0. The van der Waals surface area contributed by atoms with Gasteiger partial charge in [0.05, 0.1) is 0 Å². The zero-order valence-corrected chi connectivity index (χ0v) is 38.9. The van der Waals surface area contributed by atoms with Gasteiger partial charge in [-0.05, 0) is 70.3 Å². The summed E-state index contributed by atoms with van der Waals surface area (Å²) < 4.78 is 0. The fourth-order valence-electron chi connectivity index (χ4n) is 6.09. The Morgan fingerprint density at radius 2 is 0.609 bits per heavy atom. The molecule has 15 N–H and O–H groups in total. The van der Waals surface area contributed by atoms with Crippen molar-refractivity contribution in [2.75, 3.05) is 137 Å². The van der Waals surface area contributed by atoms with Crippen LogP contribution >= 0.6 is 0 Å². The van der Waals surface area contributed by atoms with Gasteiger partial charge in [-0.25, -0.2) is 0 Å². The Bertz CT molecular complexity index is 1100. The number of nitrogens with two attached hydrogens (primary N) is 4. The zero-order chi connectivity index (χ0) is 46.2. The summed E-state index contributed by atoms with van der Waals surface area (Å²) in [7, 11) is 0. The Morgan fingerprint density at radius 3 is 0.875 bits per heavy atom. The number of hydrogen-bond acceptors (Lipinski definition) is 14. The Balaban J connectivity index is 0.00000614.